The maximum atomic E-state index is 14.2. The zero-order valence-electron chi connectivity index (χ0n) is 17.0. The van der Waals surface area contributed by atoms with Crippen molar-refractivity contribution in [1.82, 2.24) is 4.72 Å². The average Bonchev–Trinajstić information content (AvgIpc) is 3.00. The van der Waals surface area contributed by atoms with Crippen molar-refractivity contribution >= 4 is 45.7 Å². The smallest absolute Gasteiger partial charge is 0.421 e. The third-order valence-electron chi connectivity index (χ3n) is 4.40. The molecule has 2 unspecified atom stereocenters. The first kappa shape index (κ1) is 25.1. The lowest BCUT2D eigenvalue weighted by Gasteiger charge is -2.19. The predicted octanol–water partition coefficient (Wildman–Crippen LogP) is 2.94. The largest absolute Gasteiger partial charge is 0.450 e. The van der Waals surface area contributed by atoms with Crippen LogP contribution in [0.5, 0.6) is 0 Å². The fraction of sp³-hybridized carbons (Fsp3) is 0.190. The Hall–Kier alpha value is -3.51. The summed E-state index contributed by atoms with van der Waals surface area (Å²) in [5.74, 6) is -7.40. The summed E-state index contributed by atoms with van der Waals surface area (Å²) >= 11 is 5.68. The van der Waals surface area contributed by atoms with E-state index in [-0.39, 0.29) is 9.92 Å². The molecule has 34 heavy (non-hydrogen) atoms. The maximum absolute atomic E-state index is 14.2. The summed E-state index contributed by atoms with van der Waals surface area (Å²) in [5, 5.41) is 0.254. The number of amides is 1. The normalized spacial score (nSPS) is 19.4. The molecular weight excluding hydrogens is 500 g/mol. The van der Waals surface area contributed by atoms with Gasteiger partial charge in [-0.2, -0.15) is 8.78 Å². The molecule has 2 atom stereocenters. The second-order valence-electron chi connectivity index (χ2n) is 6.83. The Morgan fingerprint density at radius 3 is 2.41 bits per heavy atom. The van der Waals surface area contributed by atoms with E-state index in [1.165, 1.54) is 18.2 Å². The first-order chi connectivity index (χ1) is 16.0. The van der Waals surface area contributed by atoms with Crippen LogP contribution in [0.4, 0.5) is 13.6 Å². The van der Waals surface area contributed by atoms with Gasteiger partial charge < -0.3 is 14.2 Å². The molecule has 0 aliphatic carbocycles. The summed E-state index contributed by atoms with van der Waals surface area (Å²) in [6, 6.07) is 13.2. The maximum Gasteiger partial charge on any atom is 0.421 e. The molecule has 1 amide bonds. The Morgan fingerprint density at radius 2 is 1.76 bits per heavy atom. The highest BCUT2D eigenvalue weighted by Crippen LogP contribution is 2.34. The van der Waals surface area contributed by atoms with Crippen molar-refractivity contribution < 1.29 is 45.8 Å². The van der Waals surface area contributed by atoms with Gasteiger partial charge in [-0.1, -0.05) is 41.9 Å². The number of hydrogen-bond donors (Lipinski definition) is 1. The van der Waals surface area contributed by atoms with Crippen LogP contribution in [0.25, 0.3) is 6.08 Å². The van der Waals surface area contributed by atoms with Crippen LogP contribution in [0.2, 0.25) is 5.02 Å². The van der Waals surface area contributed by atoms with Crippen LogP contribution in [0.1, 0.15) is 5.56 Å². The van der Waals surface area contributed by atoms with E-state index < -0.39 is 52.8 Å². The van der Waals surface area contributed by atoms with Gasteiger partial charge in [0.05, 0.1) is 4.90 Å². The third-order valence-corrected chi connectivity index (χ3v) is 5.98. The molecule has 3 rings (SSSR count). The molecule has 13 heteroatoms. The van der Waals surface area contributed by atoms with E-state index in [2.05, 4.69) is 14.2 Å². The summed E-state index contributed by atoms with van der Waals surface area (Å²) in [5.41, 5.74) is 0.586. The minimum atomic E-state index is -4.36. The molecule has 0 spiro atoms. The van der Waals surface area contributed by atoms with Crippen molar-refractivity contribution in [3.63, 3.8) is 0 Å². The van der Waals surface area contributed by atoms with Crippen LogP contribution in [-0.2, 0) is 33.8 Å². The van der Waals surface area contributed by atoms with Crippen LogP contribution >= 0.6 is 11.6 Å². The highest BCUT2D eigenvalue weighted by atomic mass is 35.5. The first-order valence-electron chi connectivity index (χ1n) is 9.47. The molecule has 0 saturated carbocycles. The molecule has 0 bridgehead atoms. The van der Waals surface area contributed by atoms with Gasteiger partial charge in [0, 0.05) is 11.1 Å². The third kappa shape index (κ3) is 6.08. The van der Waals surface area contributed by atoms with Crippen LogP contribution in [-0.4, -0.2) is 51.2 Å². The molecule has 1 aliphatic rings. The number of cyclic esters (lactones) is 1. The Kier molecular flexibility index (Phi) is 7.52. The van der Waals surface area contributed by atoms with Gasteiger partial charge in [-0.15, -0.1) is 0 Å². The van der Waals surface area contributed by atoms with Gasteiger partial charge in [-0.3, -0.25) is 0 Å². The summed E-state index contributed by atoms with van der Waals surface area (Å²) in [7, 11) is -4.36. The number of rotatable bonds is 7. The Labute approximate surface area is 197 Å². The van der Waals surface area contributed by atoms with Gasteiger partial charge in [0.15, 0.2) is 6.10 Å². The molecule has 9 nitrogen and oxygen atoms in total. The Bertz CT molecular complexity index is 1200. The lowest BCUT2D eigenvalue weighted by atomic mass is 10.1. The molecule has 1 fully saturated rings. The van der Waals surface area contributed by atoms with Crippen molar-refractivity contribution in [1.29, 1.82) is 0 Å². The zero-order chi connectivity index (χ0) is 24.9. The zero-order valence-corrected chi connectivity index (χ0v) is 18.6. The predicted molar refractivity (Wildman–Crippen MR) is 113 cm³/mol. The minimum Gasteiger partial charge on any atom is -0.450 e. The summed E-state index contributed by atoms with van der Waals surface area (Å²) in [4.78, 5) is 35.1. The second-order valence-corrected chi connectivity index (χ2v) is 8.94. The number of carbonyl (C=O) groups excluding carboxylic acids is 3. The monoisotopic (exact) mass is 515 g/mol. The highest BCUT2D eigenvalue weighted by Gasteiger charge is 2.62. The van der Waals surface area contributed by atoms with Crippen LogP contribution in [0.3, 0.4) is 0 Å². The molecule has 1 aliphatic heterocycles. The Balaban J connectivity index is 1.62. The lowest BCUT2D eigenvalue weighted by Crippen LogP contribution is -2.43. The standard InChI is InChI=1S/C21H16ClF2NO8S/c22-14-7-9-15(10-8-14)34(29,30)25-20(28)31-12-16-18(21(23,24)19(27)32-16)33-17(26)11-6-13-4-2-1-3-5-13/h1-11,16,18H,12H2,(H,25,28)/b11-6+. The van der Waals surface area contributed by atoms with E-state index in [0.717, 1.165) is 18.2 Å². The SMILES string of the molecule is O=C(/C=C/c1ccccc1)OC1C(COC(=O)NS(=O)(=O)c2ccc(Cl)cc2)OC(=O)C1(F)F. The molecule has 180 valence electrons. The van der Waals surface area contributed by atoms with Gasteiger partial charge in [0.25, 0.3) is 10.0 Å². The van der Waals surface area contributed by atoms with Gasteiger partial charge in [0.2, 0.25) is 6.10 Å². The van der Waals surface area contributed by atoms with E-state index in [1.54, 1.807) is 35.1 Å². The molecule has 2 aromatic rings. The number of alkyl halides is 2. The number of halogens is 3. The molecule has 0 aromatic heterocycles. The summed E-state index contributed by atoms with van der Waals surface area (Å²) in [6.45, 7) is -1.01. The number of benzene rings is 2. The minimum absolute atomic E-state index is 0.254. The molecule has 1 saturated heterocycles. The van der Waals surface area contributed by atoms with Crippen molar-refractivity contribution in [2.24, 2.45) is 0 Å². The quantitative estimate of drug-likeness (QED) is 0.339. The van der Waals surface area contributed by atoms with E-state index in [1.807, 2.05) is 0 Å². The van der Waals surface area contributed by atoms with Crippen LogP contribution in [0.15, 0.2) is 65.6 Å². The molecule has 2 aromatic carbocycles. The van der Waals surface area contributed by atoms with Crippen molar-refractivity contribution in [3.8, 4) is 0 Å². The number of hydrogen-bond acceptors (Lipinski definition) is 8. The fourth-order valence-corrected chi connectivity index (χ4v) is 3.78. The molecule has 1 heterocycles. The van der Waals surface area contributed by atoms with Gasteiger partial charge in [-0.25, -0.2) is 27.5 Å². The second kappa shape index (κ2) is 10.2. The van der Waals surface area contributed by atoms with Gasteiger partial charge in [0.1, 0.15) is 6.61 Å². The fourth-order valence-electron chi connectivity index (χ4n) is 2.76. The molecular formula is C21H16ClF2NO8S. The van der Waals surface area contributed by atoms with Crippen molar-refractivity contribution in [3.05, 3.63) is 71.3 Å². The topological polar surface area (TPSA) is 125 Å². The number of esters is 2. The first-order valence-corrected chi connectivity index (χ1v) is 11.3. The Morgan fingerprint density at radius 1 is 1.12 bits per heavy atom. The molecule has 1 N–H and O–H groups in total. The van der Waals surface area contributed by atoms with Crippen LogP contribution in [0, 0.1) is 0 Å². The number of sulfonamides is 1. The highest BCUT2D eigenvalue weighted by molar-refractivity contribution is 7.90. The van der Waals surface area contributed by atoms with Gasteiger partial charge >= 0.3 is 24.0 Å². The van der Waals surface area contributed by atoms with Crippen molar-refractivity contribution in [2.45, 2.75) is 23.0 Å². The van der Waals surface area contributed by atoms with E-state index in [4.69, 9.17) is 11.6 Å². The van der Waals surface area contributed by atoms with Crippen molar-refractivity contribution in [2.75, 3.05) is 6.61 Å². The number of carbonyl (C=O) groups is 3. The van der Waals surface area contributed by atoms with Crippen LogP contribution < -0.4 is 4.72 Å². The van der Waals surface area contributed by atoms with E-state index in [9.17, 15) is 31.6 Å². The number of nitrogens with one attached hydrogen (secondary N) is 1. The number of ether oxygens (including phenoxy) is 3. The van der Waals surface area contributed by atoms with Gasteiger partial charge in [-0.05, 0) is 35.9 Å². The molecule has 0 radical (unpaired) electrons. The summed E-state index contributed by atoms with van der Waals surface area (Å²) in [6.07, 6.45) is -3.64. The lowest BCUT2D eigenvalue weighted by molar-refractivity contribution is -0.170. The van der Waals surface area contributed by atoms with E-state index in [0.29, 0.717) is 5.56 Å². The van der Waals surface area contributed by atoms with E-state index >= 15 is 0 Å². The summed E-state index contributed by atoms with van der Waals surface area (Å²) < 4.78 is 68.0. The average molecular weight is 516 g/mol.